The van der Waals surface area contributed by atoms with Crippen LogP contribution in [0.1, 0.15) is 66.2 Å². The zero-order valence-corrected chi connectivity index (χ0v) is 17.0. The molecule has 2 aliphatic rings. The van der Waals surface area contributed by atoms with Gasteiger partial charge in [-0.1, -0.05) is 18.9 Å². The summed E-state index contributed by atoms with van der Waals surface area (Å²) >= 11 is 1.59. The zero-order valence-electron chi connectivity index (χ0n) is 16.1. The van der Waals surface area contributed by atoms with Gasteiger partial charge in [0.25, 0.3) is 0 Å². The van der Waals surface area contributed by atoms with E-state index in [4.69, 9.17) is 0 Å². The molecule has 8 heteroatoms. The quantitative estimate of drug-likeness (QED) is 0.764. The number of alkyl halides is 3. The number of hydrogen-bond acceptors (Lipinski definition) is 4. The molecule has 156 valence electrons. The molecule has 2 heterocycles. The van der Waals surface area contributed by atoms with Crippen molar-refractivity contribution < 1.29 is 18.0 Å². The Labute approximate surface area is 172 Å². The smallest absolute Gasteiger partial charge is 0.355 e. The highest BCUT2D eigenvalue weighted by atomic mass is 32.1. The van der Waals surface area contributed by atoms with E-state index in [0.29, 0.717) is 18.5 Å². The minimum absolute atomic E-state index is 0.0357. The van der Waals surface area contributed by atoms with Crippen LogP contribution in [0.5, 0.6) is 0 Å². The standard InChI is InChI=1S/C21H24F3N3OS/c22-21(23,24)18-14-6-1-2-7-15(14)26-17(27-18)9-12-25-19(28)20(10-3-4-11-20)16-8-5-13-29-16/h5,8,13H,1-4,6-7,9-12H2,(H,25,28). The first-order valence-corrected chi connectivity index (χ1v) is 11.1. The van der Waals surface area contributed by atoms with Crippen LogP contribution in [0.15, 0.2) is 17.5 Å². The normalized spacial score (nSPS) is 18.4. The first-order valence-electron chi connectivity index (χ1n) is 10.2. The van der Waals surface area contributed by atoms with Gasteiger partial charge in [0.1, 0.15) is 5.82 Å². The van der Waals surface area contributed by atoms with Crippen molar-refractivity contribution in [2.45, 2.75) is 69.4 Å². The van der Waals surface area contributed by atoms with Crippen LogP contribution < -0.4 is 5.32 Å². The monoisotopic (exact) mass is 423 g/mol. The largest absolute Gasteiger partial charge is 0.433 e. The van der Waals surface area contributed by atoms with Gasteiger partial charge in [0.15, 0.2) is 5.69 Å². The minimum Gasteiger partial charge on any atom is -0.355 e. The molecule has 0 aliphatic heterocycles. The van der Waals surface area contributed by atoms with Crippen molar-refractivity contribution in [2.24, 2.45) is 0 Å². The number of halogens is 3. The fourth-order valence-electron chi connectivity index (χ4n) is 4.56. The third kappa shape index (κ3) is 4.04. The molecule has 1 N–H and O–H groups in total. The van der Waals surface area contributed by atoms with Gasteiger partial charge in [-0.2, -0.15) is 13.2 Å². The molecule has 1 fully saturated rings. The molecule has 0 unspecified atom stereocenters. The van der Waals surface area contributed by atoms with Crippen molar-refractivity contribution in [1.29, 1.82) is 0 Å². The number of aromatic nitrogens is 2. The molecule has 0 spiro atoms. The first-order chi connectivity index (χ1) is 13.9. The van der Waals surface area contributed by atoms with E-state index in [-0.39, 0.29) is 30.3 Å². The average molecular weight is 424 g/mol. The Morgan fingerprint density at radius 1 is 1.14 bits per heavy atom. The summed E-state index contributed by atoms with van der Waals surface area (Å²) in [7, 11) is 0. The summed E-state index contributed by atoms with van der Waals surface area (Å²) in [5.41, 5.74) is -0.526. The lowest BCUT2D eigenvalue weighted by Crippen LogP contribution is -2.43. The number of amides is 1. The average Bonchev–Trinajstić information content (AvgIpc) is 3.39. The lowest BCUT2D eigenvalue weighted by molar-refractivity contribution is -0.142. The van der Waals surface area contributed by atoms with Gasteiger partial charge in [-0.3, -0.25) is 4.79 Å². The Morgan fingerprint density at radius 3 is 2.59 bits per heavy atom. The summed E-state index contributed by atoms with van der Waals surface area (Å²) in [6.07, 6.45) is 1.88. The van der Waals surface area contributed by atoms with Crippen LogP contribution in [0.3, 0.4) is 0 Å². The molecule has 2 aliphatic carbocycles. The number of nitrogens with zero attached hydrogens (tertiary/aromatic N) is 2. The Balaban J connectivity index is 1.47. The molecule has 4 rings (SSSR count). The second-order valence-corrected chi connectivity index (χ2v) is 8.84. The van der Waals surface area contributed by atoms with Crippen LogP contribution >= 0.6 is 11.3 Å². The van der Waals surface area contributed by atoms with E-state index in [1.807, 2.05) is 17.5 Å². The molecule has 1 amide bonds. The van der Waals surface area contributed by atoms with Crippen molar-refractivity contribution in [1.82, 2.24) is 15.3 Å². The van der Waals surface area contributed by atoms with Crippen molar-refractivity contribution in [3.8, 4) is 0 Å². The van der Waals surface area contributed by atoms with Crippen molar-refractivity contribution in [2.75, 3.05) is 6.54 Å². The number of aryl methyl sites for hydroxylation is 1. The Bertz CT molecular complexity index is 874. The third-order valence-electron chi connectivity index (χ3n) is 6.02. The predicted octanol–water partition coefficient (Wildman–Crippen LogP) is 4.61. The van der Waals surface area contributed by atoms with E-state index in [1.54, 1.807) is 11.3 Å². The van der Waals surface area contributed by atoms with Gasteiger partial charge in [-0.15, -0.1) is 11.3 Å². The van der Waals surface area contributed by atoms with Gasteiger partial charge in [0.2, 0.25) is 5.91 Å². The lowest BCUT2D eigenvalue weighted by atomic mass is 9.83. The molecule has 29 heavy (non-hydrogen) atoms. The van der Waals surface area contributed by atoms with Crippen LogP contribution in [-0.2, 0) is 35.6 Å². The lowest BCUT2D eigenvalue weighted by Gasteiger charge is -2.26. The number of rotatable bonds is 5. The second-order valence-electron chi connectivity index (χ2n) is 7.89. The number of fused-ring (bicyclic) bond motifs is 1. The molecule has 2 aromatic rings. The molecular weight excluding hydrogens is 399 g/mol. The molecule has 0 atom stereocenters. The number of carbonyl (C=O) groups excluding carboxylic acids is 1. The fourth-order valence-corrected chi connectivity index (χ4v) is 5.55. The highest BCUT2D eigenvalue weighted by Gasteiger charge is 2.43. The van der Waals surface area contributed by atoms with Crippen LogP contribution in [0.2, 0.25) is 0 Å². The Hall–Kier alpha value is -1.96. The number of carbonyl (C=O) groups is 1. The topological polar surface area (TPSA) is 54.9 Å². The Morgan fingerprint density at radius 2 is 1.90 bits per heavy atom. The van der Waals surface area contributed by atoms with Gasteiger partial charge >= 0.3 is 6.18 Å². The highest BCUT2D eigenvalue weighted by molar-refractivity contribution is 7.10. The third-order valence-corrected chi connectivity index (χ3v) is 7.09. The maximum absolute atomic E-state index is 13.5. The van der Waals surface area contributed by atoms with E-state index >= 15 is 0 Å². The van der Waals surface area contributed by atoms with E-state index < -0.39 is 17.3 Å². The van der Waals surface area contributed by atoms with Crippen LogP contribution in [0.25, 0.3) is 0 Å². The summed E-state index contributed by atoms with van der Waals surface area (Å²) < 4.78 is 40.4. The highest BCUT2D eigenvalue weighted by Crippen LogP contribution is 2.43. The summed E-state index contributed by atoms with van der Waals surface area (Å²) in [4.78, 5) is 22.3. The SMILES string of the molecule is O=C(NCCc1nc2c(c(C(F)(F)F)n1)CCCC2)C1(c2cccs2)CCCC1. The Kier molecular flexibility index (Phi) is 5.64. The molecule has 4 nitrogen and oxygen atoms in total. The fraction of sp³-hybridized carbons (Fsp3) is 0.571. The van der Waals surface area contributed by atoms with Crippen molar-refractivity contribution >= 4 is 17.2 Å². The predicted molar refractivity (Wildman–Crippen MR) is 105 cm³/mol. The van der Waals surface area contributed by atoms with Gasteiger partial charge < -0.3 is 5.32 Å². The van der Waals surface area contributed by atoms with E-state index in [1.165, 1.54) is 0 Å². The summed E-state index contributed by atoms with van der Waals surface area (Å²) in [6.45, 7) is 0.238. The van der Waals surface area contributed by atoms with Crippen LogP contribution in [0.4, 0.5) is 13.2 Å². The second kappa shape index (κ2) is 8.05. The molecule has 0 radical (unpaired) electrons. The first kappa shape index (κ1) is 20.3. The van der Waals surface area contributed by atoms with Gasteiger partial charge in [-0.05, 0) is 50.0 Å². The maximum Gasteiger partial charge on any atom is 0.433 e. The van der Waals surface area contributed by atoms with Crippen molar-refractivity contribution in [3.05, 3.63) is 45.2 Å². The van der Waals surface area contributed by atoms with Gasteiger partial charge in [0, 0.05) is 29.1 Å². The summed E-state index contributed by atoms with van der Waals surface area (Å²) in [5.74, 6) is 0.126. The number of thiophene rings is 1. The summed E-state index contributed by atoms with van der Waals surface area (Å²) in [5, 5.41) is 4.92. The van der Waals surface area contributed by atoms with Gasteiger partial charge in [0.05, 0.1) is 5.41 Å². The molecular formula is C21H24F3N3OS. The zero-order chi connectivity index (χ0) is 20.5. The molecule has 1 saturated carbocycles. The van der Waals surface area contributed by atoms with E-state index in [2.05, 4.69) is 15.3 Å². The molecule has 0 bridgehead atoms. The van der Waals surface area contributed by atoms with E-state index in [0.717, 1.165) is 43.4 Å². The van der Waals surface area contributed by atoms with E-state index in [9.17, 15) is 18.0 Å². The molecule has 2 aromatic heterocycles. The van der Waals surface area contributed by atoms with Crippen molar-refractivity contribution in [3.63, 3.8) is 0 Å². The minimum atomic E-state index is -4.48. The number of hydrogen-bond donors (Lipinski definition) is 1. The van der Waals surface area contributed by atoms with Gasteiger partial charge in [-0.25, -0.2) is 9.97 Å². The summed E-state index contributed by atoms with van der Waals surface area (Å²) in [6, 6.07) is 3.95. The van der Waals surface area contributed by atoms with Crippen LogP contribution in [0, 0.1) is 0 Å². The maximum atomic E-state index is 13.5. The number of nitrogens with one attached hydrogen (secondary N) is 1. The van der Waals surface area contributed by atoms with Crippen LogP contribution in [-0.4, -0.2) is 22.4 Å². The molecule has 0 aromatic carbocycles. The molecule has 0 saturated heterocycles.